The molecule has 0 saturated heterocycles. The van der Waals surface area contributed by atoms with E-state index in [0.29, 0.717) is 6.54 Å². The van der Waals surface area contributed by atoms with Crippen molar-refractivity contribution >= 4 is 21.8 Å². The molecular weight excluding hydrogens is 318 g/mol. The lowest BCUT2D eigenvalue weighted by Crippen LogP contribution is -2.28. The highest BCUT2D eigenvalue weighted by atomic mass is 79.9. The Labute approximate surface area is 126 Å². The van der Waals surface area contributed by atoms with Gasteiger partial charge in [0.05, 0.1) is 12.5 Å². The summed E-state index contributed by atoms with van der Waals surface area (Å²) in [6.07, 6.45) is 5.47. The fourth-order valence-electron chi connectivity index (χ4n) is 2.71. The predicted octanol–water partition coefficient (Wildman–Crippen LogP) is 2.53. The van der Waals surface area contributed by atoms with Gasteiger partial charge in [-0.2, -0.15) is 0 Å². The molecule has 20 heavy (non-hydrogen) atoms. The van der Waals surface area contributed by atoms with Crippen LogP contribution in [0, 0.1) is 0 Å². The first-order valence-corrected chi connectivity index (χ1v) is 7.46. The van der Waals surface area contributed by atoms with Gasteiger partial charge in [0.1, 0.15) is 5.82 Å². The van der Waals surface area contributed by atoms with Crippen molar-refractivity contribution in [3.63, 3.8) is 0 Å². The third kappa shape index (κ3) is 2.50. The molecule has 1 aromatic heterocycles. The van der Waals surface area contributed by atoms with Crippen molar-refractivity contribution in [3.05, 3.63) is 52.0 Å². The monoisotopic (exact) mass is 333 g/mol. The maximum absolute atomic E-state index is 12.3. The Morgan fingerprint density at radius 3 is 3.15 bits per heavy atom. The van der Waals surface area contributed by atoms with Crippen LogP contribution < -0.4 is 5.32 Å². The zero-order valence-corrected chi connectivity index (χ0v) is 12.9. The third-order valence-corrected chi connectivity index (χ3v) is 4.33. The Morgan fingerprint density at radius 2 is 2.40 bits per heavy atom. The summed E-state index contributed by atoms with van der Waals surface area (Å²) >= 11 is 3.48. The van der Waals surface area contributed by atoms with E-state index in [0.717, 1.165) is 28.7 Å². The molecule has 1 aromatic carbocycles. The molecule has 0 fully saturated rings. The fraction of sp³-hybridized carbons (Fsp3) is 0.333. The number of hydrogen-bond acceptors (Lipinski definition) is 2. The van der Waals surface area contributed by atoms with E-state index in [1.54, 1.807) is 6.20 Å². The van der Waals surface area contributed by atoms with Gasteiger partial charge in [-0.15, -0.1) is 0 Å². The number of imidazole rings is 1. The van der Waals surface area contributed by atoms with Gasteiger partial charge in [0.2, 0.25) is 5.91 Å². The molecule has 2 aromatic rings. The number of nitrogens with one attached hydrogen (secondary N) is 1. The van der Waals surface area contributed by atoms with Gasteiger partial charge in [-0.3, -0.25) is 4.79 Å². The van der Waals surface area contributed by atoms with Crippen molar-refractivity contribution < 1.29 is 4.79 Å². The van der Waals surface area contributed by atoms with Gasteiger partial charge in [0.25, 0.3) is 0 Å². The Bertz CT molecular complexity index is 650. The van der Waals surface area contributed by atoms with Crippen LogP contribution in [-0.2, 0) is 24.8 Å². The summed E-state index contributed by atoms with van der Waals surface area (Å²) in [7, 11) is 1.93. The number of amides is 1. The molecular formula is C15H16BrN3O. The van der Waals surface area contributed by atoms with E-state index in [4.69, 9.17) is 0 Å². The molecule has 1 N–H and O–H groups in total. The molecule has 3 rings (SSSR count). The lowest BCUT2D eigenvalue weighted by atomic mass is 10.0. The van der Waals surface area contributed by atoms with Crippen LogP contribution in [0.5, 0.6) is 0 Å². The number of carbonyl (C=O) groups is 1. The fourth-order valence-corrected chi connectivity index (χ4v) is 3.12. The highest BCUT2D eigenvalue weighted by molar-refractivity contribution is 9.10. The Morgan fingerprint density at radius 1 is 1.55 bits per heavy atom. The van der Waals surface area contributed by atoms with Crippen LogP contribution in [0.3, 0.4) is 0 Å². The van der Waals surface area contributed by atoms with Crippen LogP contribution in [-0.4, -0.2) is 15.5 Å². The summed E-state index contributed by atoms with van der Waals surface area (Å²) in [5, 5.41) is 2.99. The van der Waals surface area contributed by atoms with Crippen LogP contribution in [0.25, 0.3) is 0 Å². The third-order valence-electron chi connectivity index (χ3n) is 3.84. The summed E-state index contributed by atoms with van der Waals surface area (Å²) in [5.74, 6) is 0.930. The number of aryl methyl sites for hydroxylation is 2. The van der Waals surface area contributed by atoms with Crippen LogP contribution >= 0.6 is 15.9 Å². The maximum atomic E-state index is 12.3. The topological polar surface area (TPSA) is 46.9 Å². The summed E-state index contributed by atoms with van der Waals surface area (Å²) in [5.41, 5.74) is 2.43. The number of aromatic nitrogens is 2. The molecule has 1 atom stereocenters. The Hall–Kier alpha value is -1.62. The van der Waals surface area contributed by atoms with Crippen LogP contribution in [0.15, 0.2) is 35.1 Å². The van der Waals surface area contributed by atoms with E-state index in [1.807, 2.05) is 23.9 Å². The average Bonchev–Trinajstić information content (AvgIpc) is 3.02. The van der Waals surface area contributed by atoms with E-state index in [9.17, 15) is 4.79 Å². The molecule has 1 heterocycles. The van der Waals surface area contributed by atoms with Gasteiger partial charge in [0.15, 0.2) is 0 Å². The molecule has 1 aliphatic rings. The first-order chi connectivity index (χ1) is 9.65. The second kappa shape index (κ2) is 5.40. The number of halogens is 1. The molecule has 104 valence electrons. The second-order valence-electron chi connectivity index (χ2n) is 5.11. The molecule has 0 radical (unpaired) electrons. The predicted molar refractivity (Wildman–Crippen MR) is 80.3 cm³/mol. The normalized spacial score (nSPS) is 17.0. The molecule has 1 amide bonds. The standard InChI is InChI=1S/C15H16BrN3O/c1-19-7-6-17-14(19)9-18-15(20)13-4-2-10-8-11(16)3-5-12(10)13/h3,5-8,13H,2,4,9H2,1H3,(H,18,20). The smallest absolute Gasteiger partial charge is 0.227 e. The summed E-state index contributed by atoms with van der Waals surface area (Å²) in [6.45, 7) is 0.477. The van der Waals surface area contributed by atoms with Crippen molar-refractivity contribution in [2.45, 2.75) is 25.3 Å². The molecule has 4 nitrogen and oxygen atoms in total. The minimum absolute atomic E-state index is 0.0293. The first kappa shape index (κ1) is 13.4. The van der Waals surface area contributed by atoms with E-state index >= 15 is 0 Å². The molecule has 0 spiro atoms. The molecule has 0 bridgehead atoms. The van der Waals surface area contributed by atoms with Crippen molar-refractivity contribution in [1.82, 2.24) is 14.9 Å². The van der Waals surface area contributed by atoms with E-state index in [1.165, 1.54) is 5.56 Å². The highest BCUT2D eigenvalue weighted by Gasteiger charge is 2.28. The lowest BCUT2D eigenvalue weighted by Gasteiger charge is -2.12. The van der Waals surface area contributed by atoms with Gasteiger partial charge in [0, 0.05) is 23.9 Å². The molecule has 0 aliphatic heterocycles. The number of carbonyl (C=O) groups excluding carboxylic acids is 1. The van der Waals surface area contributed by atoms with Crippen molar-refractivity contribution in [1.29, 1.82) is 0 Å². The number of benzene rings is 1. The van der Waals surface area contributed by atoms with Crippen molar-refractivity contribution in [2.75, 3.05) is 0 Å². The minimum Gasteiger partial charge on any atom is -0.348 e. The van der Waals surface area contributed by atoms with Crippen molar-refractivity contribution in [2.24, 2.45) is 7.05 Å². The zero-order valence-electron chi connectivity index (χ0n) is 11.3. The second-order valence-corrected chi connectivity index (χ2v) is 6.02. The number of fused-ring (bicyclic) bond motifs is 1. The number of nitrogens with zero attached hydrogens (tertiary/aromatic N) is 2. The quantitative estimate of drug-likeness (QED) is 0.938. The first-order valence-electron chi connectivity index (χ1n) is 6.67. The van der Waals surface area contributed by atoms with E-state index in [-0.39, 0.29) is 11.8 Å². The largest absolute Gasteiger partial charge is 0.348 e. The lowest BCUT2D eigenvalue weighted by molar-refractivity contribution is -0.122. The summed E-state index contributed by atoms with van der Waals surface area (Å²) in [6, 6.07) is 6.17. The van der Waals surface area contributed by atoms with E-state index in [2.05, 4.69) is 38.4 Å². The van der Waals surface area contributed by atoms with Crippen LogP contribution in [0.1, 0.15) is 29.3 Å². The van der Waals surface area contributed by atoms with Gasteiger partial charge in [-0.1, -0.05) is 22.0 Å². The van der Waals surface area contributed by atoms with Gasteiger partial charge >= 0.3 is 0 Å². The van der Waals surface area contributed by atoms with Gasteiger partial charge < -0.3 is 9.88 Å². The molecule has 1 unspecified atom stereocenters. The number of hydrogen-bond donors (Lipinski definition) is 1. The zero-order chi connectivity index (χ0) is 14.1. The molecule has 0 saturated carbocycles. The van der Waals surface area contributed by atoms with Crippen LogP contribution in [0.4, 0.5) is 0 Å². The number of rotatable bonds is 3. The van der Waals surface area contributed by atoms with Crippen molar-refractivity contribution in [3.8, 4) is 0 Å². The Kier molecular flexibility index (Phi) is 3.61. The molecule has 1 aliphatic carbocycles. The highest BCUT2D eigenvalue weighted by Crippen LogP contribution is 2.34. The Balaban J connectivity index is 1.69. The van der Waals surface area contributed by atoms with Gasteiger partial charge in [-0.25, -0.2) is 4.98 Å². The summed E-state index contributed by atoms with van der Waals surface area (Å²) < 4.78 is 2.99. The van der Waals surface area contributed by atoms with E-state index < -0.39 is 0 Å². The maximum Gasteiger partial charge on any atom is 0.227 e. The minimum atomic E-state index is -0.0293. The van der Waals surface area contributed by atoms with Gasteiger partial charge in [-0.05, 0) is 36.1 Å². The SMILES string of the molecule is Cn1ccnc1CNC(=O)C1CCc2cc(Br)ccc21. The average molecular weight is 334 g/mol. The summed E-state index contributed by atoms with van der Waals surface area (Å²) in [4.78, 5) is 16.6. The molecule has 5 heteroatoms. The van der Waals surface area contributed by atoms with Crippen LogP contribution in [0.2, 0.25) is 0 Å².